The first-order valence-electron chi connectivity index (χ1n) is 10.3. The molecule has 0 saturated carbocycles. The zero-order chi connectivity index (χ0) is 23.1. The number of aryl methyl sites for hydroxylation is 2. The summed E-state index contributed by atoms with van der Waals surface area (Å²) >= 11 is 1.28. The van der Waals surface area contributed by atoms with Gasteiger partial charge in [-0.15, -0.1) is 10.2 Å². The van der Waals surface area contributed by atoms with Crippen molar-refractivity contribution in [2.24, 2.45) is 0 Å². The molecule has 0 aliphatic heterocycles. The van der Waals surface area contributed by atoms with Crippen molar-refractivity contribution in [3.05, 3.63) is 59.4 Å². The number of aromatic nitrogens is 3. The van der Waals surface area contributed by atoms with Crippen LogP contribution in [0.3, 0.4) is 0 Å². The summed E-state index contributed by atoms with van der Waals surface area (Å²) in [5.41, 5.74) is 3.70. The zero-order valence-corrected chi connectivity index (χ0v) is 19.5. The average Bonchev–Trinajstić information content (AvgIpc) is 3.16. The molecule has 0 unspecified atom stereocenters. The summed E-state index contributed by atoms with van der Waals surface area (Å²) in [6.45, 7) is 6.58. The highest BCUT2D eigenvalue weighted by molar-refractivity contribution is 7.99. The Bertz CT molecular complexity index is 1110. The zero-order valence-electron chi connectivity index (χ0n) is 18.6. The molecule has 0 aliphatic carbocycles. The van der Waals surface area contributed by atoms with Gasteiger partial charge in [-0.1, -0.05) is 23.9 Å². The number of rotatable bonds is 9. The van der Waals surface area contributed by atoms with Gasteiger partial charge in [0.25, 0.3) is 0 Å². The minimum Gasteiger partial charge on any atom is -0.497 e. The van der Waals surface area contributed by atoms with E-state index in [1.165, 1.54) is 17.3 Å². The van der Waals surface area contributed by atoms with Crippen molar-refractivity contribution < 1.29 is 14.3 Å². The fourth-order valence-electron chi connectivity index (χ4n) is 3.07. The summed E-state index contributed by atoms with van der Waals surface area (Å²) < 4.78 is 7.02. The molecule has 0 saturated heterocycles. The van der Waals surface area contributed by atoms with Crippen LogP contribution in [-0.4, -0.2) is 39.4 Å². The Morgan fingerprint density at radius 1 is 1.00 bits per heavy atom. The summed E-state index contributed by atoms with van der Waals surface area (Å²) in [5, 5.41) is 14.7. The molecule has 2 amide bonds. The van der Waals surface area contributed by atoms with Crippen molar-refractivity contribution in [1.29, 1.82) is 0 Å². The van der Waals surface area contributed by atoms with Gasteiger partial charge in [-0.3, -0.25) is 9.59 Å². The van der Waals surface area contributed by atoms with Crippen LogP contribution in [0.4, 0.5) is 11.4 Å². The molecule has 168 valence electrons. The van der Waals surface area contributed by atoms with Crippen LogP contribution in [0.1, 0.15) is 23.9 Å². The van der Waals surface area contributed by atoms with Gasteiger partial charge in [0, 0.05) is 24.0 Å². The molecule has 1 aromatic heterocycles. The van der Waals surface area contributed by atoms with Crippen LogP contribution in [0.25, 0.3) is 0 Å². The van der Waals surface area contributed by atoms with Gasteiger partial charge in [0.1, 0.15) is 11.6 Å². The number of nitrogens with one attached hydrogen (secondary N) is 2. The lowest BCUT2D eigenvalue weighted by Crippen LogP contribution is -2.18. The summed E-state index contributed by atoms with van der Waals surface area (Å²) in [6, 6.07) is 13.0. The van der Waals surface area contributed by atoms with Crippen molar-refractivity contribution in [2.75, 3.05) is 23.5 Å². The molecular formula is C23H27N5O3S. The fraction of sp³-hybridized carbons (Fsp3) is 0.304. The molecule has 0 bridgehead atoms. The van der Waals surface area contributed by atoms with Crippen LogP contribution in [-0.2, 0) is 22.6 Å². The normalized spacial score (nSPS) is 10.6. The summed E-state index contributed by atoms with van der Waals surface area (Å²) in [4.78, 5) is 24.8. The standard InChI is InChI=1S/C23H27N5O3S/c1-5-28-20(13-21(29)24-18-10-9-15(2)16(3)11-18)26-27-23(28)32-14-22(30)25-17-7-6-8-19(12-17)31-4/h6-12H,5,13-14H2,1-4H3,(H,24,29)(H,25,30). The molecule has 2 N–H and O–H groups in total. The van der Waals surface area contributed by atoms with E-state index >= 15 is 0 Å². The number of methoxy groups -OCH3 is 1. The Morgan fingerprint density at radius 3 is 2.47 bits per heavy atom. The lowest BCUT2D eigenvalue weighted by Gasteiger charge is -2.09. The van der Waals surface area contributed by atoms with Crippen molar-refractivity contribution in [3.63, 3.8) is 0 Å². The van der Waals surface area contributed by atoms with E-state index in [-0.39, 0.29) is 24.0 Å². The van der Waals surface area contributed by atoms with Crippen molar-refractivity contribution in [1.82, 2.24) is 14.8 Å². The lowest BCUT2D eigenvalue weighted by molar-refractivity contribution is -0.116. The van der Waals surface area contributed by atoms with Crippen LogP contribution in [0.2, 0.25) is 0 Å². The number of ether oxygens (including phenoxy) is 1. The van der Waals surface area contributed by atoms with E-state index in [4.69, 9.17) is 4.74 Å². The van der Waals surface area contributed by atoms with E-state index < -0.39 is 0 Å². The second kappa shape index (κ2) is 10.8. The Labute approximate surface area is 191 Å². The highest BCUT2D eigenvalue weighted by atomic mass is 32.2. The summed E-state index contributed by atoms with van der Waals surface area (Å²) in [6.07, 6.45) is 0.102. The van der Waals surface area contributed by atoms with Crippen molar-refractivity contribution in [3.8, 4) is 5.75 Å². The SMILES string of the molecule is CCn1c(CC(=O)Nc2ccc(C)c(C)c2)nnc1SCC(=O)Nc1cccc(OC)c1. The van der Waals surface area contributed by atoms with E-state index in [0.717, 1.165) is 11.3 Å². The first-order valence-corrected chi connectivity index (χ1v) is 11.2. The van der Waals surface area contributed by atoms with Gasteiger partial charge in [-0.25, -0.2) is 0 Å². The highest BCUT2D eigenvalue weighted by Gasteiger charge is 2.16. The molecule has 0 fully saturated rings. The number of carbonyl (C=O) groups excluding carboxylic acids is 2. The highest BCUT2D eigenvalue weighted by Crippen LogP contribution is 2.20. The summed E-state index contributed by atoms with van der Waals surface area (Å²) in [5.74, 6) is 1.07. The van der Waals surface area contributed by atoms with Crippen molar-refractivity contribution in [2.45, 2.75) is 38.9 Å². The maximum Gasteiger partial charge on any atom is 0.234 e. The largest absolute Gasteiger partial charge is 0.497 e. The van der Waals surface area contributed by atoms with E-state index in [9.17, 15) is 9.59 Å². The van der Waals surface area contributed by atoms with Gasteiger partial charge < -0.3 is 19.9 Å². The fourth-order valence-corrected chi connectivity index (χ4v) is 3.89. The average molecular weight is 454 g/mol. The molecule has 32 heavy (non-hydrogen) atoms. The Hall–Kier alpha value is -3.33. The number of nitrogens with zero attached hydrogens (tertiary/aromatic N) is 3. The monoisotopic (exact) mass is 453 g/mol. The number of hydrogen-bond donors (Lipinski definition) is 2. The second-order valence-electron chi connectivity index (χ2n) is 7.24. The first-order chi connectivity index (χ1) is 15.4. The number of anilines is 2. The van der Waals surface area contributed by atoms with Crippen LogP contribution < -0.4 is 15.4 Å². The molecule has 1 heterocycles. The molecule has 0 atom stereocenters. The van der Waals surface area contributed by atoms with E-state index in [1.54, 1.807) is 19.2 Å². The van der Waals surface area contributed by atoms with Crippen LogP contribution in [0.15, 0.2) is 47.6 Å². The van der Waals surface area contributed by atoms with Gasteiger partial charge in [0.05, 0.1) is 19.3 Å². The second-order valence-corrected chi connectivity index (χ2v) is 8.18. The van der Waals surface area contributed by atoms with E-state index in [2.05, 4.69) is 20.8 Å². The van der Waals surface area contributed by atoms with Crippen LogP contribution in [0.5, 0.6) is 5.75 Å². The van der Waals surface area contributed by atoms with Crippen LogP contribution >= 0.6 is 11.8 Å². The number of carbonyl (C=O) groups is 2. The van der Waals surface area contributed by atoms with Crippen LogP contribution in [0, 0.1) is 13.8 Å². The lowest BCUT2D eigenvalue weighted by atomic mass is 10.1. The maximum absolute atomic E-state index is 12.5. The molecule has 0 spiro atoms. The Kier molecular flexibility index (Phi) is 7.88. The first kappa shape index (κ1) is 23.3. The van der Waals surface area contributed by atoms with Gasteiger partial charge in [-0.05, 0) is 56.2 Å². The van der Waals surface area contributed by atoms with Gasteiger partial charge in [-0.2, -0.15) is 0 Å². The third-order valence-electron chi connectivity index (χ3n) is 4.90. The topological polar surface area (TPSA) is 98.1 Å². The predicted molar refractivity (Wildman–Crippen MR) is 126 cm³/mol. The minimum atomic E-state index is -0.164. The molecule has 3 rings (SSSR count). The predicted octanol–water partition coefficient (Wildman–Crippen LogP) is 3.84. The molecule has 3 aromatic rings. The number of thioether (sulfide) groups is 1. The molecule has 2 aromatic carbocycles. The van der Waals surface area contributed by atoms with E-state index in [0.29, 0.717) is 29.0 Å². The van der Waals surface area contributed by atoms with Gasteiger partial charge >= 0.3 is 0 Å². The molecule has 0 radical (unpaired) electrons. The molecule has 0 aliphatic rings. The minimum absolute atomic E-state index is 0.102. The van der Waals surface area contributed by atoms with E-state index in [1.807, 2.05) is 55.7 Å². The third-order valence-corrected chi connectivity index (χ3v) is 5.87. The molecular weight excluding hydrogens is 426 g/mol. The maximum atomic E-state index is 12.5. The van der Waals surface area contributed by atoms with Gasteiger partial charge in [0.15, 0.2) is 5.16 Å². The third kappa shape index (κ3) is 6.10. The number of benzene rings is 2. The molecule has 8 nitrogen and oxygen atoms in total. The van der Waals surface area contributed by atoms with Crippen molar-refractivity contribution >= 4 is 35.0 Å². The quantitative estimate of drug-likeness (QED) is 0.478. The Balaban J connectivity index is 1.58. The number of hydrogen-bond acceptors (Lipinski definition) is 6. The van der Waals surface area contributed by atoms with Gasteiger partial charge in [0.2, 0.25) is 11.8 Å². The Morgan fingerprint density at radius 2 is 1.75 bits per heavy atom. The smallest absolute Gasteiger partial charge is 0.234 e. The summed E-state index contributed by atoms with van der Waals surface area (Å²) in [7, 11) is 1.58. The molecule has 9 heteroatoms. The number of amides is 2.